The summed E-state index contributed by atoms with van der Waals surface area (Å²) >= 11 is 0. The van der Waals surface area contributed by atoms with Crippen LogP contribution in [0.1, 0.15) is 16.8 Å². The minimum Gasteiger partial charge on any atom is -0.352 e. The molecule has 0 unspecified atom stereocenters. The number of pyridine rings is 1. The number of guanidine groups is 1. The van der Waals surface area contributed by atoms with Crippen LogP contribution in [0.3, 0.4) is 0 Å². The first-order valence-corrected chi connectivity index (χ1v) is 8.24. The fourth-order valence-electron chi connectivity index (χ4n) is 2.53. The topological polar surface area (TPSA) is 67.1 Å². The summed E-state index contributed by atoms with van der Waals surface area (Å²) in [4.78, 5) is 8.58. The van der Waals surface area contributed by atoms with E-state index in [1.54, 1.807) is 19.4 Å². The number of halogens is 1. The fourth-order valence-corrected chi connectivity index (χ4v) is 2.53. The molecule has 0 fully saturated rings. The third-order valence-electron chi connectivity index (χ3n) is 3.84. The van der Waals surface area contributed by atoms with Gasteiger partial charge in [0.15, 0.2) is 5.96 Å². The summed E-state index contributed by atoms with van der Waals surface area (Å²) in [5.41, 5.74) is 3.43. The first-order chi connectivity index (χ1) is 12.3. The molecule has 0 radical (unpaired) electrons. The zero-order valence-corrected chi connectivity index (χ0v) is 17.0. The average Bonchev–Trinajstić information content (AvgIpc) is 3.17. The van der Waals surface area contributed by atoms with Crippen LogP contribution >= 0.6 is 24.0 Å². The van der Waals surface area contributed by atoms with Crippen LogP contribution in [-0.4, -0.2) is 27.8 Å². The van der Waals surface area contributed by atoms with Crippen molar-refractivity contribution in [3.63, 3.8) is 0 Å². The van der Waals surface area contributed by atoms with Gasteiger partial charge in [0.05, 0.1) is 18.8 Å². The molecule has 0 atom stereocenters. The predicted molar refractivity (Wildman–Crippen MR) is 114 cm³/mol. The first-order valence-electron chi connectivity index (χ1n) is 8.24. The Hall–Kier alpha value is -2.42. The highest BCUT2D eigenvalue weighted by Gasteiger charge is 2.05. The molecule has 0 aliphatic heterocycles. The van der Waals surface area contributed by atoms with Gasteiger partial charge < -0.3 is 10.6 Å². The molecule has 2 heterocycles. The molecule has 0 bridgehead atoms. The van der Waals surface area contributed by atoms with E-state index in [9.17, 15) is 0 Å². The lowest BCUT2D eigenvalue weighted by atomic mass is 10.1. The Bertz CT molecular complexity index is 802. The number of nitrogens with one attached hydrogen (secondary N) is 2. The maximum atomic E-state index is 4.30. The fraction of sp³-hybridized carbons (Fsp3) is 0.211. The lowest BCUT2D eigenvalue weighted by molar-refractivity contribution is 0.677. The average molecular weight is 462 g/mol. The van der Waals surface area contributed by atoms with Gasteiger partial charge in [0, 0.05) is 32.2 Å². The number of hydrogen-bond donors (Lipinski definition) is 2. The van der Waals surface area contributed by atoms with Gasteiger partial charge in [-0.05, 0) is 29.3 Å². The molecule has 26 heavy (non-hydrogen) atoms. The molecule has 0 aliphatic rings. The smallest absolute Gasteiger partial charge is 0.191 e. The van der Waals surface area contributed by atoms with E-state index in [0.29, 0.717) is 13.1 Å². The summed E-state index contributed by atoms with van der Waals surface area (Å²) in [6.07, 6.45) is 5.56. The second-order valence-corrected chi connectivity index (χ2v) is 5.57. The minimum absolute atomic E-state index is 0. The zero-order valence-electron chi connectivity index (χ0n) is 14.7. The highest BCUT2D eigenvalue weighted by Crippen LogP contribution is 2.10. The Labute approximate surface area is 170 Å². The monoisotopic (exact) mass is 462 g/mol. The van der Waals surface area contributed by atoms with Gasteiger partial charge in [-0.25, -0.2) is 0 Å². The van der Waals surface area contributed by atoms with E-state index >= 15 is 0 Å². The molecule has 136 valence electrons. The summed E-state index contributed by atoms with van der Waals surface area (Å²) in [6, 6.07) is 16.2. The standard InChI is InChI=1S/C19H22N6.HI/c1-20-19(23-14-18-9-4-5-10-21-18)22-13-16-7-2-3-8-17(16)15-25-12-6-11-24-25;/h2-12H,13-15H2,1H3,(H2,20,22,23);1H. The number of aliphatic imine (C=N–C) groups is 1. The van der Waals surface area contributed by atoms with Gasteiger partial charge in [-0.3, -0.25) is 14.7 Å². The zero-order chi connectivity index (χ0) is 17.3. The highest BCUT2D eigenvalue weighted by molar-refractivity contribution is 14.0. The molecule has 3 aromatic rings. The SMILES string of the molecule is CN=C(NCc1ccccn1)NCc1ccccc1Cn1cccn1.I. The van der Waals surface area contributed by atoms with Crippen LogP contribution in [0.15, 0.2) is 72.1 Å². The summed E-state index contributed by atoms with van der Waals surface area (Å²) < 4.78 is 1.92. The van der Waals surface area contributed by atoms with Crippen molar-refractivity contribution >= 4 is 29.9 Å². The number of rotatable bonds is 6. The third-order valence-corrected chi connectivity index (χ3v) is 3.84. The molecule has 3 rings (SSSR count). The van der Waals surface area contributed by atoms with Crippen molar-refractivity contribution in [2.75, 3.05) is 7.05 Å². The molecule has 7 heteroatoms. The normalized spacial score (nSPS) is 10.9. The molecule has 2 aromatic heterocycles. The predicted octanol–water partition coefficient (Wildman–Crippen LogP) is 2.81. The largest absolute Gasteiger partial charge is 0.352 e. The van der Waals surface area contributed by atoms with Crippen LogP contribution in [0.4, 0.5) is 0 Å². The van der Waals surface area contributed by atoms with Gasteiger partial charge in [-0.2, -0.15) is 5.10 Å². The van der Waals surface area contributed by atoms with Crippen molar-refractivity contribution in [1.82, 2.24) is 25.4 Å². The van der Waals surface area contributed by atoms with Crippen molar-refractivity contribution in [2.24, 2.45) is 4.99 Å². The number of aromatic nitrogens is 3. The summed E-state index contributed by atoms with van der Waals surface area (Å²) in [5, 5.41) is 10.9. The molecular formula is C19H23IN6. The van der Waals surface area contributed by atoms with Gasteiger partial charge in [-0.15, -0.1) is 24.0 Å². The second kappa shape index (κ2) is 10.5. The Morgan fingerprint density at radius 1 is 0.962 bits per heavy atom. The summed E-state index contributed by atoms with van der Waals surface area (Å²) in [7, 11) is 1.77. The van der Waals surface area contributed by atoms with Crippen molar-refractivity contribution in [3.8, 4) is 0 Å². The molecule has 0 aliphatic carbocycles. The molecule has 0 spiro atoms. The van der Waals surface area contributed by atoms with Crippen LogP contribution in [0, 0.1) is 0 Å². The molecule has 6 nitrogen and oxygen atoms in total. The molecule has 1 aromatic carbocycles. The molecule has 2 N–H and O–H groups in total. The van der Waals surface area contributed by atoms with E-state index in [-0.39, 0.29) is 24.0 Å². The van der Waals surface area contributed by atoms with Gasteiger partial charge in [0.2, 0.25) is 0 Å². The Balaban J connectivity index is 0.00000243. The molecule has 0 amide bonds. The van der Waals surface area contributed by atoms with Crippen LogP contribution in [-0.2, 0) is 19.6 Å². The minimum atomic E-state index is 0. The summed E-state index contributed by atoms with van der Waals surface area (Å²) in [5.74, 6) is 0.750. The van der Waals surface area contributed by atoms with Gasteiger partial charge in [-0.1, -0.05) is 30.3 Å². The number of nitrogens with zero attached hydrogens (tertiary/aromatic N) is 4. The van der Waals surface area contributed by atoms with E-state index in [4.69, 9.17) is 0 Å². The van der Waals surface area contributed by atoms with Crippen molar-refractivity contribution in [2.45, 2.75) is 19.6 Å². The number of benzene rings is 1. The van der Waals surface area contributed by atoms with E-state index in [1.807, 2.05) is 41.2 Å². The van der Waals surface area contributed by atoms with Crippen LogP contribution in [0.25, 0.3) is 0 Å². The van der Waals surface area contributed by atoms with Crippen molar-refractivity contribution in [1.29, 1.82) is 0 Å². The maximum absolute atomic E-state index is 4.30. The Morgan fingerprint density at radius 3 is 2.42 bits per heavy atom. The van der Waals surface area contributed by atoms with Crippen molar-refractivity contribution < 1.29 is 0 Å². The lowest BCUT2D eigenvalue weighted by Gasteiger charge is -2.14. The van der Waals surface area contributed by atoms with Crippen molar-refractivity contribution in [3.05, 3.63) is 83.9 Å². The Kier molecular flexibility index (Phi) is 8.07. The van der Waals surface area contributed by atoms with Crippen LogP contribution < -0.4 is 10.6 Å². The van der Waals surface area contributed by atoms with Crippen LogP contribution in [0.5, 0.6) is 0 Å². The molecular weight excluding hydrogens is 439 g/mol. The van der Waals surface area contributed by atoms with E-state index in [0.717, 1.165) is 18.2 Å². The van der Waals surface area contributed by atoms with Gasteiger partial charge in [0.25, 0.3) is 0 Å². The quantitative estimate of drug-likeness (QED) is 0.336. The van der Waals surface area contributed by atoms with Crippen LogP contribution in [0.2, 0.25) is 0 Å². The second-order valence-electron chi connectivity index (χ2n) is 5.57. The highest BCUT2D eigenvalue weighted by atomic mass is 127. The maximum Gasteiger partial charge on any atom is 0.191 e. The molecule has 0 saturated heterocycles. The first kappa shape index (κ1) is 19.9. The lowest BCUT2D eigenvalue weighted by Crippen LogP contribution is -2.36. The van der Waals surface area contributed by atoms with Gasteiger partial charge >= 0.3 is 0 Å². The summed E-state index contributed by atoms with van der Waals surface area (Å²) in [6.45, 7) is 2.08. The van der Waals surface area contributed by atoms with Gasteiger partial charge in [0.1, 0.15) is 0 Å². The van der Waals surface area contributed by atoms with E-state index in [1.165, 1.54) is 11.1 Å². The van der Waals surface area contributed by atoms with E-state index in [2.05, 4.69) is 43.9 Å². The Morgan fingerprint density at radius 2 is 1.73 bits per heavy atom. The van der Waals surface area contributed by atoms with E-state index < -0.39 is 0 Å². The molecule has 0 saturated carbocycles. The third kappa shape index (κ3) is 5.83. The number of hydrogen-bond acceptors (Lipinski definition) is 3.